The highest BCUT2D eigenvalue weighted by Gasteiger charge is 2.13. The number of morpholine rings is 1. The topological polar surface area (TPSA) is 58.1 Å². The molecule has 0 spiro atoms. The van der Waals surface area contributed by atoms with Gasteiger partial charge in [0, 0.05) is 39.8 Å². The van der Waals surface area contributed by atoms with Crippen LogP contribution in [0.2, 0.25) is 0 Å². The molecule has 1 fully saturated rings. The molecule has 0 amide bonds. The lowest BCUT2D eigenvalue weighted by Crippen LogP contribution is -2.40. The molecule has 6 heteroatoms. The molecule has 1 rings (SSSR count). The van der Waals surface area contributed by atoms with Gasteiger partial charge in [-0.3, -0.25) is 9.89 Å². The third-order valence-electron chi connectivity index (χ3n) is 4.37. The summed E-state index contributed by atoms with van der Waals surface area (Å²) in [6.07, 6.45) is 3.69. The minimum atomic E-state index is 0.314. The Hall–Kier alpha value is -0.850. The Morgan fingerprint density at radius 3 is 2.50 bits per heavy atom. The number of unbranched alkanes of at least 4 members (excludes halogenated alkanes) is 1. The van der Waals surface area contributed by atoms with Crippen molar-refractivity contribution >= 4 is 5.96 Å². The summed E-state index contributed by atoms with van der Waals surface area (Å²) in [5.41, 5.74) is 0. The first-order valence-electron chi connectivity index (χ1n) is 9.53. The minimum Gasteiger partial charge on any atom is -0.379 e. The zero-order valence-electron chi connectivity index (χ0n) is 16.1. The summed E-state index contributed by atoms with van der Waals surface area (Å²) in [6.45, 7) is 14.2. The summed E-state index contributed by atoms with van der Waals surface area (Å²) in [5, 5.41) is 6.78. The predicted octanol–water partition coefficient (Wildman–Crippen LogP) is 1.72. The normalized spacial score (nSPS) is 18.0. The first kappa shape index (κ1) is 21.2. The van der Waals surface area contributed by atoms with E-state index in [2.05, 4.69) is 41.3 Å². The molecule has 24 heavy (non-hydrogen) atoms. The Balaban J connectivity index is 2.07. The average Bonchev–Trinajstić information content (AvgIpc) is 2.59. The van der Waals surface area contributed by atoms with Crippen LogP contribution >= 0.6 is 0 Å². The van der Waals surface area contributed by atoms with Crippen LogP contribution in [0.5, 0.6) is 0 Å². The standard InChI is InChI=1S/C18H38N4O2/c1-5-24-17(16(2)3)8-10-21-18(19-4)20-9-6-7-11-22-12-14-23-15-13-22/h16-17H,5-15H2,1-4H3,(H2,19,20,21). The SMILES string of the molecule is CCOC(CCNC(=NC)NCCCCN1CCOCC1)C(C)C. The monoisotopic (exact) mass is 342 g/mol. The van der Waals surface area contributed by atoms with Crippen LogP contribution in [-0.4, -0.2) is 76.6 Å². The highest BCUT2D eigenvalue weighted by atomic mass is 16.5. The van der Waals surface area contributed by atoms with Gasteiger partial charge >= 0.3 is 0 Å². The number of aliphatic imine (C=N–C) groups is 1. The van der Waals surface area contributed by atoms with Crippen molar-refractivity contribution in [2.75, 3.05) is 59.6 Å². The fraction of sp³-hybridized carbons (Fsp3) is 0.944. The maximum absolute atomic E-state index is 5.78. The number of rotatable bonds is 11. The molecule has 0 bridgehead atoms. The van der Waals surface area contributed by atoms with E-state index in [4.69, 9.17) is 9.47 Å². The van der Waals surface area contributed by atoms with Crippen LogP contribution in [0.3, 0.4) is 0 Å². The van der Waals surface area contributed by atoms with Crippen LogP contribution in [0.4, 0.5) is 0 Å². The number of guanidine groups is 1. The van der Waals surface area contributed by atoms with E-state index in [0.29, 0.717) is 12.0 Å². The van der Waals surface area contributed by atoms with Crippen LogP contribution in [-0.2, 0) is 9.47 Å². The van der Waals surface area contributed by atoms with Gasteiger partial charge in [0.2, 0.25) is 0 Å². The molecule has 0 saturated carbocycles. The fourth-order valence-corrected chi connectivity index (χ4v) is 2.87. The largest absolute Gasteiger partial charge is 0.379 e. The molecule has 0 aliphatic carbocycles. The molecule has 0 aromatic rings. The van der Waals surface area contributed by atoms with Gasteiger partial charge in [-0.15, -0.1) is 0 Å². The van der Waals surface area contributed by atoms with Crippen molar-refractivity contribution in [2.24, 2.45) is 10.9 Å². The number of nitrogens with one attached hydrogen (secondary N) is 2. The van der Waals surface area contributed by atoms with Gasteiger partial charge in [-0.25, -0.2) is 0 Å². The van der Waals surface area contributed by atoms with Gasteiger partial charge < -0.3 is 20.1 Å². The first-order chi connectivity index (χ1) is 11.7. The summed E-state index contributed by atoms with van der Waals surface area (Å²) in [5.74, 6) is 1.43. The molecule has 0 radical (unpaired) electrons. The van der Waals surface area contributed by atoms with Crippen LogP contribution in [0, 0.1) is 5.92 Å². The second kappa shape index (κ2) is 13.4. The lowest BCUT2D eigenvalue weighted by molar-refractivity contribution is 0.0258. The number of ether oxygens (including phenoxy) is 2. The van der Waals surface area contributed by atoms with Crippen molar-refractivity contribution in [2.45, 2.75) is 46.1 Å². The molecule has 0 aromatic carbocycles. The molecule has 1 heterocycles. The van der Waals surface area contributed by atoms with Crippen molar-refractivity contribution < 1.29 is 9.47 Å². The van der Waals surface area contributed by atoms with E-state index in [0.717, 1.165) is 64.8 Å². The molecular weight excluding hydrogens is 304 g/mol. The molecule has 6 nitrogen and oxygen atoms in total. The third kappa shape index (κ3) is 9.45. The van der Waals surface area contributed by atoms with E-state index >= 15 is 0 Å². The Morgan fingerprint density at radius 1 is 1.17 bits per heavy atom. The van der Waals surface area contributed by atoms with Crippen molar-refractivity contribution in [1.82, 2.24) is 15.5 Å². The second-order valence-corrected chi connectivity index (χ2v) is 6.61. The summed E-state index contributed by atoms with van der Waals surface area (Å²) in [7, 11) is 1.82. The summed E-state index contributed by atoms with van der Waals surface area (Å²) < 4.78 is 11.1. The van der Waals surface area contributed by atoms with Gasteiger partial charge in [0.1, 0.15) is 0 Å². The number of nitrogens with zero attached hydrogens (tertiary/aromatic N) is 2. The van der Waals surface area contributed by atoms with E-state index in [1.165, 1.54) is 13.0 Å². The molecule has 1 atom stereocenters. The zero-order chi connectivity index (χ0) is 17.6. The van der Waals surface area contributed by atoms with Gasteiger partial charge in [0.15, 0.2) is 5.96 Å². The Morgan fingerprint density at radius 2 is 1.88 bits per heavy atom. The lowest BCUT2D eigenvalue weighted by atomic mass is 10.0. The Bertz CT molecular complexity index is 331. The molecule has 1 unspecified atom stereocenters. The van der Waals surface area contributed by atoms with Crippen LogP contribution < -0.4 is 10.6 Å². The van der Waals surface area contributed by atoms with Crippen molar-refractivity contribution in [3.8, 4) is 0 Å². The molecule has 1 saturated heterocycles. The minimum absolute atomic E-state index is 0.314. The fourth-order valence-electron chi connectivity index (χ4n) is 2.87. The quantitative estimate of drug-likeness (QED) is 0.340. The predicted molar refractivity (Wildman–Crippen MR) is 101 cm³/mol. The van der Waals surface area contributed by atoms with E-state index in [1.807, 2.05) is 7.05 Å². The maximum atomic E-state index is 5.78. The summed E-state index contributed by atoms with van der Waals surface area (Å²) >= 11 is 0. The van der Waals surface area contributed by atoms with Crippen molar-refractivity contribution in [3.63, 3.8) is 0 Å². The number of hydrogen-bond acceptors (Lipinski definition) is 4. The number of hydrogen-bond donors (Lipinski definition) is 2. The molecule has 2 N–H and O–H groups in total. The summed E-state index contributed by atoms with van der Waals surface area (Å²) in [6, 6.07) is 0. The van der Waals surface area contributed by atoms with E-state index in [9.17, 15) is 0 Å². The van der Waals surface area contributed by atoms with Gasteiger partial charge in [0.05, 0.1) is 19.3 Å². The highest BCUT2D eigenvalue weighted by Crippen LogP contribution is 2.09. The van der Waals surface area contributed by atoms with Crippen LogP contribution in [0.1, 0.15) is 40.0 Å². The average molecular weight is 343 g/mol. The van der Waals surface area contributed by atoms with E-state index in [1.54, 1.807) is 0 Å². The van der Waals surface area contributed by atoms with Gasteiger partial charge in [-0.1, -0.05) is 13.8 Å². The first-order valence-corrected chi connectivity index (χ1v) is 9.53. The zero-order valence-corrected chi connectivity index (χ0v) is 16.1. The van der Waals surface area contributed by atoms with E-state index < -0.39 is 0 Å². The van der Waals surface area contributed by atoms with Crippen LogP contribution in [0.25, 0.3) is 0 Å². The van der Waals surface area contributed by atoms with Crippen molar-refractivity contribution in [3.05, 3.63) is 0 Å². The van der Waals surface area contributed by atoms with Crippen LogP contribution in [0.15, 0.2) is 4.99 Å². The van der Waals surface area contributed by atoms with Gasteiger partial charge in [-0.05, 0) is 38.6 Å². The van der Waals surface area contributed by atoms with Crippen molar-refractivity contribution in [1.29, 1.82) is 0 Å². The molecular formula is C18H38N4O2. The highest BCUT2D eigenvalue weighted by molar-refractivity contribution is 5.79. The second-order valence-electron chi connectivity index (χ2n) is 6.61. The molecule has 1 aliphatic heterocycles. The van der Waals surface area contributed by atoms with Gasteiger partial charge in [0.25, 0.3) is 0 Å². The van der Waals surface area contributed by atoms with Gasteiger partial charge in [-0.2, -0.15) is 0 Å². The van der Waals surface area contributed by atoms with E-state index in [-0.39, 0.29) is 0 Å². The lowest BCUT2D eigenvalue weighted by Gasteiger charge is -2.26. The molecule has 1 aliphatic rings. The maximum Gasteiger partial charge on any atom is 0.190 e. The Kier molecular flexibility index (Phi) is 11.9. The smallest absolute Gasteiger partial charge is 0.190 e. The summed E-state index contributed by atoms with van der Waals surface area (Å²) in [4.78, 5) is 6.77. The molecule has 142 valence electrons. The Labute approximate surface area is 148 Å². The molecule has 0 aromatic heterocycles. The third-order valence-corrected chi connectivity index (χ3v) is 4.37.